The first kappa shape index (κ1) is 8.47. The average Bonchev–Trinajstić information content (AvgIpc) is 2.06. The molecule has 0 saturated carbocycles. The molecule has 1 fully saturated rings. The molecule has 4 heteroatoms. The number of phenolic OH excluding ortho intramolecular Hbond substituents is 1. The minimum absolute atomic E-state index is 0.389. The van der Waals surface area contributed by atoms with Gasteiger partial charge in [-0.15, -0.1) is 0 Å². The van der Waals surface area contributed by atoms with Crippen molar-refractivity contribution in [3.8, 4) is 5.75 Å². The van der Waals surface area contributed by atoms with Gasteiger partial charge in [-0.2, -0.15) is 0 Å². The van der Waals surface area contributed by atoms with Crippen molar-refractivity contribution in [3.05, 3.63) is 29.6 Å². The summed E-state index contributed by atoms with van der Waals surface area (Å²) in [7, 11) is 0. The summed E-state index contributed by atoms with van der Waals surface area (Å²) in [5.41, 5.74) is -0.462. The topological polar surface area (TPSA) is 52.5 Å². The van der Waals surface area contributed by atoms with Crippen LogP contribution in [0.1, 0.15) is 5.56 Å². The van der Waals surface area contributed by atoms with Crippen molar-refractivity contribution in [2.45, 2.75) is 5.60 Å². The lowest BCUT2D eigenvalue weighted by atomic mass is 9.88. The highest BCUT2D eigenvalue weighted by atomic mass is 19.1. The van der Waals surface area contributed by atoms with E-state index in [0.717, 1.165) is 6.07 Å². The molecule has 13 heavy (non-hydrogen) atoms. The van der Waals surface area contributed by atoms with Crippen LogP contribution in [0.4, 0.5) is 4.39 Å². The van der Waals surface area contributed by atoms with E-state index < -0.39 is 11.4 Å². The van der Waals surface area contributed by atoms with Crippen LogP contribution in [-0.2, 0) is 5.60 Å². The fourth-order valence-corrected chi connectivity index (χ4v) is 1.36. The summed E-state index contributed by atoms with van der Waals surface area (Å²) in [5.74, 6) is -1.09. The molecule has 0 amide bonds. The molecule has 0 unspecified atom stereocenters. The summed E-state index contributed by atoms with van der Waals surface area (Å²) in [5, 5.41) is 21.6. The van der Waals surface area contributed by atoms with Crippen LogP contribution in [0.15, 0.2) is 18.2 Å². The number of hydrogen-bond donors (Lipinski definition) is 3. The van der Waals surface area contributed by atoms with Crippen molar-refractivity contribution in [1.82, 2.24) is 5.32 Å². The maximum Gasteiger partial charge on any atom is 0.165 e. The van der Waals surface area contributed by atoms with Gasteiger partial charge in [0.25, 0.3) is 0 Å². The SMILES string of the molecule is Oc1ccc(C2(O)CNC2)cc1F. The molecule has 1 aliphatic heterocycles. The standard InChI is InChI=1S/C9H10FNO2/c10-7-3-6(1-2-8(7)12)9(13)4-11-5-9/h1-3,11-13H,4-5H2. The van der Waals surface area contributed by atoms with E-state index in [1.54, 1.807) is 0 Å². The summed E-state index contributed by atoms with van der Waals surface area (Å²) in [6, 6.07) is 3.94. The molecule has 1 saturated heterocycles. The van der Waals surface area contributed by atoms with Crippen molar-refractivity contribution in [1.29, 1.82) is 0 Å². The Bertz CT molecular complexity index is 336. The van der Waals surface area contributed by atoms with Crippen LogP contribution in [0.25, 0.3) is 0 Å². The molecule has 1 aromatic rings. The van der Waals surface area contributed by atoms with Crippen LogP contribution in [0.5, 0.6) is 5.75 Å². The number of aliphatic hydroxyl groups is 1. The highest BCUT2D eigenvalue weighted by Crippen LogP contribution is 2.28. The molecule has 3 N–H and O–H groups in total. The second-order valence-corrected chi connectivity index (χ2v) is 3.30. The Morgan fingerprint density at radius 3 is 2.54 bits per heavy atom. The van der Waals surface area contributed by atoms with E-state index >= 15 is 0 Å². The molecule has 2 rings (SSSR count). The average molecular weight is 183 g/mol. The highest BCUT2D eigenvalue weighted by molar-refractivity contribution is 5.33. The van der Waals surface area contributed by atoms with Gasteiger partial charge in [-0.05, 0) is 17.7 Å². The van der Waals surface area contributed by atoms with Gasteiger partial charge in [-0.25, -0.2) is 4.39 Å². The molecule has 0 bridgehead atoms. The predicted molar refractivity (Wildman–Crippen MR) is 44.8 cm³/mol. The number of benzene rings is 1. The van der Waals surface area contributed by atoms with Gasteiger partial charge in [0.15, 0.2) is 11.6 Å². The molecule has 1 heterocycles. The van der Waals surface area contributed by atoms with Crippen molar-refractivity contribution >= 4 is 0 Å². The van der Waals surface area contributed by atoms with Gasteiger partial charge in [-0.3, -0.25) is 0 Å². The highest BCUT2D eigenvalue weighted by Gasteiger charge is 2.36. The Kier molecular flexibility index (Phi) is 1.75. The maximum atomic E-state index is 12.9. The minimum atomic E-state index is -0.964. The fourth-order valence-electron chi connectivity index (χ4n) is 1.36. The van der Waals surface area contributed by atoms with Crippen molar-refractivity contribution in [2.75, 3.05) is 13.1 Å². The van der Waals surface area contributed by atoms with Crippen molar-refractivity contribution < 1.29 is 14.6 Å². The van der Waals surface area contributed by atoms with E-state index in [0.29, 0.717) is 18.7 Å². The second kappa shape index (κ2) is 2.68. The third kappa shape index (κ3) is 1.28. The first-order valence-corrected chi connectivity index (χ1v) is 4.04. The Labute approximate surface area is 74.8 Å². The van der Waals surface area contributed by atoms with Gasteiger partial charge < -0.3 is 15.5 Å². The Balaban J connectivity index is 2.36. The van der Waals surface area contributed by atoms with E-state index in [-0.39, 0.29) is 5.75 Å². The van der Waals surface area contributed by atoms with Crippen molar-refractivity contribution in [2.24, 2.45) is 0 Å². The lowest BCUT2D eigenvalue weighted by molar-refractivity contribution is -0.0149. The van der Waals surface area contributed by atoms with Crippen LogP contribution >= 0.6 is 0 Å². The summed E-state index contributed by atoms with van der Waals surface area (Å²) < 4.78 is 12.9. The number of rotatable bonds is 1. The van der Waals surface area contributed by atoms with Crippen LogP contribution in [-0.4, -0.2) is 23.3 Å². The zero-order valence-electron chi connectivity index (χ0n) is 6.92. The zero-order valence-corrected chi connectivity index (χ0v) is 6.92. The Morgan fingerprint density at radius 2 is 2.08 bits per heavy atom. The van der Waals surface area contributed by atoms with E-state index in [2.05, 4.69) is 5.32 Å². The van der Waals surface area contributed by atoms with Gasteiger partial charge in [0.2, 0.25) is 0 Å². The lowest BCUT2D eigenvalue weighted by Gasteiger charge is -2.38. The first-order chi connectivity index (χ1) is 6.12. The monoisotopic (exact) mass is 183 g/mol. The summed E-state index contributed by atoms with van der Waals surface area (Å²) >= 11 is 0. The Hall–Kier alpha value is -1.13. The van der Waals surface area contributed by atoms with E-state index in [4.69, 9.17) is 5.11 Å². The third-order valence-electron chi connectivity index (χ3n) is 2.32. The van der Waals surface area contributed by atoms with Gasteiger partial charge in [0, 0.05) is 13.1 Å². The zero-order chi connectivity index (χ0) is 9.47. The Morgan fingerprint density at radius 1 is 1.38 bits per heavy atom. The number of nitrogens with one attached hydrogen (secondary N) is 1. The number of phenols is 1. The van der Waals surface area contributed by atoms with Crippen LogP contribution in [0, 0.1) is 5.82 Å². The van der Waals surface area contributed by atoms with E-state index in [9.17, 15) is 9.50 Å². The molecule has 70 valence electrons. The molecule has 1 aromatic carbocycles. The maximum absolute atomic E-state index is 12.9. The van der Waals surface area contributed by atoms with Gasteiger partial charge in [0.05, 0.1) is 0 Å². The molecule has 0 aliphatic carbocycles. The molecular weight excluding hydrogens is 173 g/mol. The number of halogens is 1. The van der Waals surface area contributed by atoms with Crippen LogP contribution in [0.2, 0.25) is 0 Å². The molecule has 0 aromatic heterocycles. The molecule has 0 atom stereocenters. The summed E-state index contributed by atoms with van der Waals surface area (Å²) in [4.78, 5) is 0. The van der Waals surface area contributed by atoms with E-state index in [1.165, 1.54) is 12.1 Å². The number of β-amino-alcohol motifs (C(OH)–C–C–N with tert-alkyl or cyclic N) is 1. The quantitative estimate of drug-likeness (QED) is 0.587. The smallest absolute Gasteiger partial charge is 0.165 e. The molecule has 0 radical (unpaired) electrons. The summed E-state index contributed by atoms with van der Waals surface area (Å²) in [6.45, 7) is 0.856. The molecule has 1 aliphatic rings. The second-order valence-electron chi connectivity index (χ2n) is 3.30. The number of hydrogen-bond acceptors (Lipinski definition) is 3. The third-order valence-corrected chi connectivity index (χ3v) is 2.32. The van der Waals surface area contributed by atoms with Gasteiger partial charge in [-0.1, -0.05) is 6.07 Å². The fraction of sp³-hybridized carbons (Fsp3) is 0.333. The van der Waals surface area contributed by atoms with E-state index in [1.807, 2.05) is 0 Å². The molecule has 0 spiro atoms. The largest absolute Gasteiger partial charge is 0.505 e. The molecular formula is C9H10FNO2. The minimum Gasteiger partial charge on any atom is -0.505 e. The summed E-state index contributed by atoms with van der Waals surface area (Å²) in [6.07, 6.45) is 0. The van der Waals surface area contributed by atoms with Crippen LogP contribution in [0.3, 0.4) is 0 Å². The van der Waals surface area contributed by atoms with Gasteiger partial charge in [0.1, 0.15) is 5.60 Å². The van der Waals surface area contributed by atoms with Crippen molar-refractivity contribution in [3.63, 3.8) is 0 Å². The normalized spacial score (nSPS) is 19.5. The lowest BCUT2D eigenvalue weighted by Crippen LogP contribution is -2.56. The van der Waals surface area contributed by atoms with Crippen LogP contribution < -0.4 is 5.32 Å². The van der Waals surface area contributed by atoms with Gasteiger partial charge >= 0.3 is 0 Å². The first-order valence-electron chi connectivity index (χ1n) is 4.04. The number of aromatic hydroxyl groups is 1. The predicted octanol–water partition coefficient (Wildman–Crippen LogP) is 0.322. The molecule has 3 nitrogen and oxygen atoms in total.